The Bertz CT molecular complexity index is 971. The summed E-state index contributed by atoms with van der Waals surface area (Å²) in [4.78, 5) is 30.9. The molecule has 2 saturated heterocycles. The number of aliphatic hydroxyl groups excluding tert-OH is 2. The third-order valence-corrected chi connectivity index (χ3v) is 8.98. The Morgan fingerprint density at radius 1 is 1.28 bits per heavy atom. The molecule has 2 N–H and O–H groups in total. The zero-order valence-corrected chi connectivity index (χ0v) is 23.6. The number of ketones is 1. The Hall–Kier alpha value is -1.61. The highest BCUT2D eigenvalue weighted by Crippen LogP contribution is 2.45. The lowest BCUT2D eigenvalue weighted by Gasteiger charge is -2.35. The molecule has 8 heteroatoms. The average molecular weight is 522 g/mol. The molecule has 7 atom stereocenters. The van der Waals surface area contributed by atoms with Gasteiger partial charge in [0.1, 0.15) is 11.9 Å². The van der Waals surface area contributed by atoms with Gasteiger partial charge >= 0.3 is 5.97 Å². The minimum Gasteiger partial charge on any atom is -0.458 e. The maximum atomic E-state index is 13.4. The van der Waals surface area contributed by atoms with Crippen LogP contribution in [-0.4, -0.2) is 57.0 Å². The molecule has 0 radical (unpaired) electrons. The lowest BCUT2D eigenvalue weighted by molar-refractivity contribution is -0.154. The van der Waals surface area contributed by atoms with Crippen LogP contribution in [0, 0.1) is 24.2 Å². The van der Waals surface area contributed by atoms with Crippen LogP contribution in [0.1, 0.15) is 90.8 Å². The monoisotopic (exact) mass is 521 g/mol. The van der Waals surface area contributed by atoms with E-state index < -0.39 is 35.6 Å². The topological polar surface area (TPSA) is 109 Å². The third-order valence-electron chi connectivity index (χ3n) is 8.19. The second-order valence-corrected chi connectivity index (χ2v) is 12.6. The molecule has 36 heavy (non-hydrogen) atoms. The van der Waals surface area contributed by atoms with Gasteiger partial charge in [0, 0.05) is 17.7 Å². The third kappa shape index (κ3) is 6.63. The fourth-order valence-corrected chi connectivity index (χ4v) is 5.86. The van der Waals surface area contributed by atoms with Gasteiger partial charge in [-0.3, -0.25) is 9.59 Å². The number of aryl methyl sites for hydroxylation is 1. The average Bonchev–Trinajstić information content (AvgIpc) is 3.24. The van der Waals surface area contributed by atoms with Gasteiger partial charge in [0.05, 0.1) is 46.5 Å². The molecule has 0 bridgehead atoms. The van der Waals surface area contributed by atoms with Gasteiger partial charge in [0.25, 0.3) is 0 Å². The van der Waals surface area contributed by atoms with Crippen molar-refractivity contribution in [2.45, 2.75) is 117 Å². The number of rotatable bonds is 3. The van der Waals surface area contributed by atoms with Crippen LogP contribution in [0.3, 0.4) is 0 Å². The van der Waals surface area contributed by atoms with E-state index in [1.54, 1.807) is 25.2 Å². The fraction of sp³-hybridized carbons (Fsp3) is 0.750. The maximum absolute atomic E-state index is 13.4. The number of esters is 1. The van der Waals surface area contributed by atoms with Crippen molar-refractivity contribution < 1.29 is 29.3 Å². The number of nitrogens with zero attached hydrogens (tertiary/aromatic N) is 1. The summed E-state index contributed by atoms with van der Waals surface area (Å²) in [5.41, 5.74) is 0.183. The molecule has 0 aliphatic carbocycles. The predicted octanol–water partition coefficient (Wildman–Crippen LogP) is 4.87. The SMILES string of the molecule is CC[C@H]1C(=O)C(C)(C)[C@@H](O)CC(=O)O[C@H](C(C)=Cc2csc(C)n2)C[C@H]2O[C@@]2(C)CCC[C@H](C)[C@@H]1O. The number of ether oxygens (including phenoxy) is 2. The Morgan fingerprint density at radius 3 is 2.58 bits per heavy atom. The van der Waals surface area contributed by atoms with Gasteiger partial charge in [0.2, 0.25) is 0 Å². The first-order valence-corrected chi connectivity index (χ1v) is 14.0. The summed E-state index contributed by atoms with van der Waals surface area (Å²) in [6.45, 7) is 13.1. The molecule has 3 heterocycles. The number of thiazole rings is 1. The van der Waals surface area contributed by atoms with E-state index in [0.717, 1.165) is 35.5 Å². The second kappa shape index (κ2) is 11.4. The van der Waals surface area contributed by atoms with Gasteiger partial charge in [-0.25, -0.2) is 4.98 Å². The van der Waals surface area contributed by atoms with Crippen LogP contribution in [0.4, 0.5) is 0 Å². The summed E-state index contributed by atoms with van der Waals surface area (Å²) in [5.74, 6) is -1.45. The largest absolute Gasteiger partial charge is 0.458 e. The van der Waals surface area contributed by atoms with E-state index >= 15 is 0 Å². The Labute approximate surface area is 219 Å². The second-order valence-electron chi connectivity index (χ2n) is 11.5. The molecule has 7 nitrogen and oxygen atoms in total. The van der Waals surface area contributed by atoms with Crippen molar-refractivity contribution in [2.75, 3.05) is 0 Å². The molecular weight excluding hydrogens is 478 g/mol. The van der Waals surface area contributed by atoms with Crippen molar-refractivity contribution in [2.24, 2.45) is 17.3 Å². The van der Waals surface area contributed by atoms with Gasteiger partial charge in [-0.1, -0.05) is 34.1 Å². The number of carbonyl (C=O) groups is 2. The Kier molecular flexibility index (Phi) is 9.18. The number of hydrogen-bond acceptors (Lipinski definition) is 8. The number of Topliss-reactive ketones (excluding diaryl/α,β-unsaturated/α-hetero) is 1. The van der Waals surface area contributed by atoms with Crippen LogP contribution in [-0.2, 0) is 19.1 Å². The molecule has 0 spiro atoms. The van der Waals surface area contributed by atoms with E-state index in [-0.39, 0.29) is 29.8 Å². The molecule has 0 unspecified atom stereocenters. The summed E-state index contributed by atoms with van der Waals surface area (Å²) in [7, 11) is 0. The predicted molar refractivity (Wildman–Crippen MR) is 140 cm³/mol. The summed E-state index contributed by atoms with van der Waals surface area (Å²) in [5, 5.41) is 24.9. The van der Waals surface area contributed by atoms with Gasteiger partial charge < -0.3 is 19.7 Å². The van der Waals surface area contributed by atoms with Crippen LogP contribution in [0.2, 0.25) is 0 Å². The van der Waals surface area contributed by atoms with Crippen LogP contribution in [0.15, 0.2) is 11.0 Å². The van der Waals surface area contributed by atoms with Crippen LogP contribution in [0.5, 0.6) is 0 Å². The van der Waals surface area contributed by atoms with Gasteiger partial charge in [-0.2, -0.15) is 0 Å². The summed E-state index contributed by atoms with van der Waals surface area (Å²) in [6.07, 6.45) is 2.49. The fourth-order valence-electron chi connectivity index (χ4n) is 5.29. The van der Waals surface area contributed by atoms with E-state index in [0.29, 0.717) is 12.8 Å². The number of hydrogen-bond donors (Lipinski definition) is 2. The number of carbonyl (C=O) groups excluding carboxylic acids is 2. The lowest BCUT2D eigenvalue weighted by atomic mass is 9.71. The van der Waals surface area contributed by atoms with Crippen molar-refractivity contribution in [1.82, 2.24) is 4.98 Å². The summed E-state index contributed by atoms with van der Waals surface area (Å²) in [6, 6.07) is 0. The first-order valence-electron chi connectivity index (χ1n) is 13.2. The molecule has 2 aliphatic heterocycles. The van der Waals surface area contributed by atoms with E-state index in [1.165, 1.54) is 0 Å². The van der Waals surface area contributed by atoms with E-state index in [4.69, 9.17) is 9.47 Å². The number of aromatic nitrogens is 1. The Morgan fingerprint density at radius 2 is 1.97 bits per heavy atom. The normalized spacial score (nSPS) is 36.8. The van der Waals surface area contributed by atoms with Crippen molar-refractivity contribution in [3.05, 3.63) is 21.7 Å². The molecule has 1 aromatic rings. The highest BCUT2D eigenvalue weighted by molar-refractivity contribution is 7.09. The number of fused-ring (bicyclic) bond motifs is 1. The molecule has 0 saturated carbocycles. The van der Waals surface area contributed by atoms with Gasteiger partial charge in [-0.15, -0.1) is 11.3 Å². The first kappa shape index (κ1) is 29.0. The van der Waals surface area contributed by atoms with E-state index in [1.807, 2.05) is 39.2 Å². The maximum Gasteiger partial charge on any atom is 0.309 e. The van der Waals surface area contributed by atoms with Crippen molar-refractivity contribution in [3.63, 3.8) is 0 Å². The van der Waals surface area contributed by atoms with Crippen molar-refractivity contribution >= 4 is 29.2 Å². The number of aliphatic hydroxyl groups is 2. The van der Waals surface area contributed by atoms with Crippen LogP contribution in [0.25, 0.3) is 6.08 Å². The summed E-state index contributed by atoms with van der Waals surface area (Å²) < 4.78 is 12.0. The first-order chi connectivity index (χ1) is 16.8. The van der Waals surface area contributed by atoms with Crippen molar-refractivity contribution in [3.8, 4) is 0 Å². The highest BCUT2D eigenvalue weighted by atomic mass is 32.1. The Balaban J connectivity index is 1.87. The molecular formula is C28H43NO6S. The smallest absolute Gasteiger partial charge is 0.309 e. The quantitative estimate of drug-likeness (QED) is 0.431. The van der Waals surface area contributed by atoms with E-state index in [9.17, 15) is 19.8 Å². The minimum absolute atomic E-state index is 0.0460. The zero-order chi connectivity index (χ0) is 26.8. The highest BCUT2D eigenvalue weighted by Gasteiger charge is 2.53. The van der Waals surface area contributed by atoms with E-state index in [2.05, 4.69) is 11.9 Å². The molecule has 3 rings (SSSR count). The molecule has 2 aliphatic rings. The molecule has 1 aromatic heterocycles. The van der Waals surface area contributed by atoms with Crippen LogP contribution >= 0.6 is 11.3 Å². The molecule has 0 amide bonds. The minimum atomic E-state index is -1.23. The molecule has 202 valence electrons. The zero-order valence-electron chi connectivity index (χ0n) is 22.7. The standard InChI is InChI=1S/C28H43NO6S/c1-8-20-25(32)16(2)10-9-11-28(7)23(35-28)13-21(17(3)12-19-15-36-18(4)29-19)34-24(31)14-22(30)27(5,6)26(20)33/h12,15-16,20-23,25,30,32H,8-11,13-14H2,1-7H3/t16-,20+,21-,22-,23+,25-,28-/m0/s1. The summed E-state index contributed by atoms with van der Waals surface area (Å²) >= 11 is 1.56. The molecule has 2 fully saturated rings. The van der Waals surface area contributed by atoms with Gasteiger partial charge in [0.15, 0.2) is 0 Å². The number of cyclic esters (lactones) is 1. The molecule has 0 aromatic carbocycles. The van der Waals surface area contributed by atoms with Gasteiger partial charge in [-0.05, 0) is 57.6 Å². The lowest BCUT2D eigenvalue weighted by Crippen LogP contribution is -2.46. The van der Waals surface area contributed by atoms with Crippen molar-refractivity contribution in [1.29, 1.82) is 0 Å². The number of epoxide rings is 1. The van der Waals surface area contributed by atoms with Crippen LogP contribution < -0.4 is 0 Å².